The smallest absolute Gasteiger partial charge is 0.322 e. The van der Waals surface area contributed by atoms with Crippen molar-refractivity contribution in [3.8, 4) is 0 Å². The highest BCUT2D eigenvalue weighted by Gasteiger charge is 2.33. The maximum absolute atomic E-state index is 12.6. The summed E-state index contributed by atoms with van der Waals surface area (Å²) in [5.41, 5.74) is 0.541. The molecule has 1 aromatic carbocycles. The molecule has 2 fully saturated rings. The Bertz CT molecular complexity index is 688. The summed E-state index contributed by atoms with van der Waals surface area (Å²) in [7, 11) is 0. The molecule has 1 atom stereocenters. The lowest BCUT2D eigenvalue weighted by molar-refractivity contribution is -0.116. The van der Waals surface area contributed by atoms with E-state index in [1.165, 1.54) is 0 Å². The highest BCUT2D eigenvalue weighted by atomic mass is 35.5. The van der Waals surface area contributed by atoms with Crippen molar-refractivity contribution in [3.63, 3.8) is 0 Å². The van der Waals surface area contributed by atoms with Crippen LogP contribution in [0.2, 0.25) is 5.02 Å². The third-order valence-electron chi connectivity index (χ3n) is 4.23. The van der Waals surface area contributed by atoms with Crippen molar-refractivity contribution in [3.05, 3.63) is 28.8 Å². The third kappa shape index (κ3) is 4.64. The predicted octanol–water partition coefficient (Wildman–Crippen LogP) is 3.26. The molecule has 25 heavy (non-hydrogen) atoms. The van der Waals surface area contributed by atoms with Crippen LogP contribution in [-0.2, 0) is 4.74 Å². The van der Waals surface area contributed by atoms with Crippen molar-refractivity contribution in [2.75, 3.05) is 18.4 Å². The Morgan fingerprint density at radius 2 is 2.04 bits per heavy atom. The van der Waals surface area contributed by atoms with E-state index in [4.69, 9.17) is 16.3 Å². The number of hydrogen-bond acceptors (Lipinski definition) is 3. The molecule has 1 saturated carbocycles. The molecule has 0 unspecified atom stereocenters. The average Bonchev–Trinajstić information content (AvgIpc) is 3.31. The Morgan fingerprint density at radius 1 is 1.32 bits per heavy atom. The summed E-state index contributed by atoms with van der Waals surface area (Å²) in [4.78, 5) is 26.6. The van der Waals surface area contributed by atoms with Gasteiger partial charge in [-0.2, -0.15) is 0 Å². The maximum atomic E-state index is 12.6. The summed E-state index contributed by atoms with van der Waals surface area (Å²) in [5, 5.41) is 6.14. The van der Waals surface area contributed by atoms with Gasteiger partial charge in [-0.25, -0.2) is 4.79 Å². The molecule has 0 aromatic heterocycles. The van der Waals surface area contributed by atoms with Crippen LogP contribution in [0.25, 0.3) is 0 Å². The Kier molecular flexibility index (Phi) is 4.93. The molecule has 3 amide bonds. The number of ether oxygens (including phenoxy) is 1. The number of carbonyl (C=O) groups is 2. The third-order valence-corrected chi connectivity index (χ3v) is 4.56. The van der Waals surface area contributed by atoms with E-state index in [0.29, 0.717) is 29.4 Å². The van der Waals surface area contributed by atoms with Gasteiger partial charge in [-0.1, -0.05) is 11.6 Å². The molecule has 1 saturated heterocycles. The number of carbonyl (C=O) groups excluding carboxylic acids is 2. The second-order valence-corrected chi connectivity index (χ2v) is 7.85. The predicted molar refractivity (Wildman–Crippen MR) is 97.2 cm³/mol. The molecule has 1 aromatic rings. The number of urea groups is 1. The molecular weight excluding hydrogens is 342 g/mol. The number of nitrogens with one attached hydrogen (secondary N) is 2. The van der Waals surface area contributed by atoms with Crippen LogP contribution in [-0.4, -0.2) is 47.7 Å². The molecule has 0 radical (unpaired) electrons. The van der Waals surface area contributed by atoms with Crippen LogP contribution in [0.3, 0.4) is 0 Å². The van der Waals surface area contributed by atoms with Crippen molar-refractivity contribution in [2.45, 2.75) is 51.4 Å². The van der Waals surface area contributed by atoms with E-state index in [-0.39, 0.29) is 29.7 Å². The molecule has 7 heteroatoms. The molecule has 1 heterocycles. The lowest BCUT2D eigenvalue weighted by Crippen LogP contribution is -2.54. The van der Waals surface area contributed by atoms with Gasteiger partial charge in [0.2, 0.25) is 0 Å². The average molecular weight is 366 g/mol. The lowest BCUT2D eigenvalue weighted by Gasteiger charge is -2.41. The summed E-state index contributed by atoms with van der Waals surface area (Å²) in [6.45, 7) is 6.91. The SMILES string of the molecule is C[C@H]1CN(C(=O)Nc2ccc(Cl)c(C(=O)NC3CC3)c2)CC(C)(C)O1. The quantitative estimate of drug-likeness (QED) is 0.863. The highest BCUT2D eigenvalue weighted by Crippen LogP contribution is 2.25. The number of benzene rings is 1. The van der Waals surface area contributed by atoms with Crippen molar-refractivity contribution in [1.82, 2.24) is 10.2 Å². The minimum Gasteiger partial charge on any atom is -0.369 e. The summed E-state index contributed by atoms with van der Waals surface area (Å²) in [5.74, 6) is -0.204. The Morgan fingerprint density at radius 3 is 2.68 bits per heavy atom. The van der Waals surface area contributed by atoms with E-state index in [0.717, 1.165) is 12.8 Å². The number of amides is 3. The van der Waals surface area contributed by atoms with Gasteiger partial charge in [0.15, 0.2) is 0 Å². The fraction of sp³-hybridized carbons (Fsp3) is 0.556. The van der Waals surface area contributed by atoms with E-state index in [2.05, 4.69) is 10.6 Å². The summed E-state index contributed by atoms with van der Waals surface area (Å²) in [6.07, 6.45) is 1.98. The van der Waals surface area contributed by atoms with Gasteiger partial charge in [0, 0.05) is 18.3 Å². The van der Waals surface area contributed by atoms with Gasteiger partial charge in [0.05, 0.1) is 28.8 Å². The van der Waals surface area contributed by atoms with Gasteiger partial charge in [-0.3, -0.25) is 4.79 Å². The van der Waals surface area contributed by atoms with E-state index in [9.17, 15) is 9.59 Å². The van der Waals surface area contributed by atoms with Gasteiger partial charge < -0.3 is 20.3 Å². The fourth-order valence-electron chi connectivity index (χ4n) is 3.08. The van der Waals surface area contributed by atoms with E-state index in [1.54, 1.807) is 23.1 Å². The zero-order valence-corrected chi connectivity index (χ0v) is 15.5. The van der Waals surface area contributed by atoms with Crippen LogP contribution in [0.1, 0.15) is 44.0 Å². The Labute approximate surface area is 152 Å². The fourth-order valence-corrected chi connectivity index (χ4v) is 3.28. The first kappa shape index (κ1) is 18.0. The molecule has 2 aliphatic rings. The first-order valence-electron chi connectivity index (χ1n) is 8.58. The van der Waals surface area contributed by atoms with Crippen LogP contribution in [0.4, 0.5) is 10.5 Å². The zero-order chi connectivity index (χ0) is 18.2. The number of nitrogens with zero attached hydrogens (tertiary/aromatic N) is 1. The Balaban J connectivity index is 1.69. The van der Waals surface area contributed by atoms with E-state index >= 15 is 0 Å². The standard InChI is InChI=1S/C18H24ClN3O3/c1-11-9-22(10-18(2,3)25-11)17(24)21-13-6-7-15(19)14(8-13)16(23)20-12-4-5-12/h6-8,11-12H,4-5,9-10H2,1-3H3,(H,20,23)(H,21,24)/t11-/m0/s1. The summed E-state index contributed by atoms with van der Waals surface area (Å²) < 4.78 is 5.82. The van der Waals surface area contributed by atoms with Gasteiger partial charge >= 0.3 is 6.03 Å². The lowest BCUT2D eigenvalue weighted by atomic mass is 10.1. The van der Waals surface area contributed by atoms with Crippen LogP contribution < -0.4 is 10.6 Å². The van der Waals surface area contributed by atoms with Gasteiger partial charge in [-0.15, -0.1) is 0 Å². The monoisotopic (exact) mass is 365 g/mol. The maximum Gasteiger partial charge on any atom is 0.322 e. The molecular formula is C18H24ClN3O3. The summed E-state index contributed by atoms with van der Waals surface area (Å²) >= 11 is 6.14. The molecule has 1 aliphatic carbocycles. The highest BCUT2D eigenvalue weighted by molar-refractivity contribution is 6.34. The molecule has 136 valence electrons. The first-order chi connectivity index (χ1) is 11.7. The number of halogens is 1. The number of rotatable bonds is 3. The van der Waals surface area contributed by atoms with Gasteiger partial charge in [0.1, 0.15) is 0 Å². The molecule has 0 spiro atoms. The molecule has 6 nitrogen and oxygen atoms in total. The van der Waals surface area contributed by atoms with Crippen molar-refractivity contribution >= 4 is 29.2 Å². The molecule has 2 N–H and O–H groups in total. The second kappa shape index (κ2) is 6.84. The molecule has 1 aliphatic heterocycles. The topological polar surface area (TPSA) is 70.7 Å². The molecule has 0 bridgehead atoms. The van der Waals surface area contributed by atoms with Gasteiger partial charge in [0.25, 0.3) is 5.91 Å². The van der Waals surface area contributed by atoms with Crippen molar-refractivity contribution in [1.29, 1.82) is 0 Å². The van der Waals surface area contributed by atoms with Gasteiger partial charge in [-0.05, 0) is 51.8 Å². The number of anilines is 1. The van der Waals surface area contributed by atoms with E-state index in [1.807, 2.05) is 20.8 Å². The number of morpholine rings is 1. The molecule has 3 rings (SSSR count). The minimum atomic E-state index is -0.385. The van der Waals surface area contributed by atoms with Crippen LogP contribution in [0, 0.1) is 0 Å². The van der Waals surface area contributed by atoms with Crippen molar-refractivity contribution in [2.24, 2.45) is 0 Å². The van der Waals surface area contributed by atoms with Crippen LogP contribution in [0.5, 0.6) is 0 Å². The van der Waals surface area contributed by atoms with E-state index < -0.39 is 0 Å². The largest absolute Gasteiger partial charge is 0.369 e. The minimum absolute atomic E-state index is 0.0281. The normalized spacial score (nSPS) is 22.4. The van der Waals surface area contributed by atoms with Crippen LogP contribution in [0.15, 0.2) is 18.2 Å². The zero-order valence-electron chi connectivity index (χ0n) is 14.8. The first-order valence-corrected chi connectivity index (χ1v) is 8.95. The summed E-state index contributed by atoms with van der Waals surface area (Å²) in [6, 6.07) is 4.99. The van der Waals surface area contributed by atoms with Crippen LogP contribution >= 0.6 is 11.6 Å². The number of hydrogen-bond donors (Lipinski definition) is 2. The van der Waals surface area contributed by atoms with Crippen molar-refractivity contribution < 1.29 is 14.3 Å². The Hall–Kier alpha value is -1.79. The second-order valence-electron chi connectivity index (χ2n) is 7.44.